The lowest BCUT2D eigenvalue weighted by molar-refractivity contribution is 0.0510. The van der Waals surface area contributed by atoms with Gasteiger partial charge >= 0.3 is 0 Å². The van der Waals surface area contributed by atoms with E-state index in [0.717, 1.165) is 5.75 Å². The second-order valence-corrected chi connectivity index (χ2v) is 4.83. The third kappa shape index (κ3) is 3.47. The minimum absolute atomic E-state index is 0.304. The van der Waals surface area contributed by atoms with Gasteiger partial charge in [0, 0.05) is 14.2 Å². The molecule has 1 aliphatic carbocycles. The van der Waals surface area contributed by atoms with E-state index in [1.807, 2.05) is 19.2 Å². The highest BCUT2D eigenvalue weighted by Crippen LogP contribution is 2.34. The molecule has 0 bridgehead atoms. The molecule has 1 aliphatic rings. The maximum Gasteiger partial charge on any atom is 0.188 e. The van der Waals surface area contributed by atoms with Gasteiger partial charge in [-0.05, 0) is 49.3 Å². The highest BCUT2D eigenvalue weighted by Gasteiger charge is 2.21. The molecule has 100 valence electrons. The maximum atomic E-state index is 5.40. The Balaban J connectivity index is 1.89. The summed E-state index contributed by atoms with van der Waals surface area (Å²) >= 11 is 0. The Bertz CT molecular complexity index is 339. The van der Waals surface area contributed by atoms with Gasteiger partial charge in [0.1, 0.15) is 5.75 Å². The highest BCUT2D eigenvalue weighted by molar-refractivity contribution is 5.29. The Labute approximate surface area is 109 Å². The zero-order chi connectivity index (χ0) is 12.8. The first-order valence-electron chi connectivity index (χ1n) is 6.58. The van der Waals surface area contributed by atoms with E-state index in [0.29, 0.717) is 18.8 Å². The third-order valence-electron chi connectivity index (χ3n) is 3.70. The fourth-order valence-electron chi connectivity index (χ4n) is 2.60. The van der Waals surface area contributed by atoms with Crippen LogP contribution >= 0.6 is 0 Å². The van der Waals surface area contributed by atoms with Crippen LogP contribution in [0.3, 0.4) is 0 Å². The lowest BCUT2D eigenvalue weighted by atomic mass is 9.83. The predicted molar refractivity (Wildman–Crippen MR) is 71.0 cm³/mol. The SMILES string of the molecule is COCOc1ccc(C2CCC(OC)CC2)cc1. The molecule has 1 aromatic carbocycles. The van der Waals surface area contributed by atoms with Crippen LogP contribution in [0.5, 0.6) is 5.75 Å². The molecule has 0 unspecified atom stereocenters. The van der Waals surface area contributed by atoms with Gasteiger partial charge in [-0.1, -0.05) is 12.1 Å². The fourth-order valence-corrected chi connectivity index (χ4v) is 2.60. The van der Waals surface area contributed by atoms with Gasteiger partial charge in [0.05, 0.1) is 6.10 Å². The van der Waals surface area contributed by atoms with Crippen molar-refractivity contribution in [3.63, 3.8) is 0 Å². The number of rotatable bonds is 5. The minimum atomic E-state index is 0.304. The summed E-state index contributed by atoms with van der Waals surface area (Å²) in [5, 5.41) is 0. The number of hydrogen-bond acceptors (Lipinski definition) is 3. The van der Waals surface area contributed by atoms with Crippen molar-refractivity contribution in [3.8, 4) is 5.75 Å². The van der Waals surface area contributed by atoms with Crippen molar-refractivity contribution in [2.24, 2.45) is 0 Å². The molecule has 0 aromatic heterocycles. The van der Waals surface area contributed by atoms with E-state index in [1.54, 1.807) is 7.11 Å². The molecule has 1 fully saturated rings. The van der Waals surface area contributed by atoms with Crippen LogP contribution in [0, 0.1) is 0 Å². The van der Waals surface area contributed by atoms with Gasteiger partial charge in [-0.25, -0.2) is 0 Å². The number of ether oxygens (including phenoxy) is 3. The van der Waals surface area contributed by atoms with Crippen LogP contribution in [-0.4, -0.2) is 27.1 Å². The van der Waals surface area contributed by atoms with Crippen molar-refractivity contribution in [3.05, 3.63) is 29.8 Å². The predicted octanol–water partition coefficient (Wildman–Crippen LogP) is 3.34. The van der Waals surface area contributed by atoms with Crippen molar-refractivity contribution in [1.82, 2.24) is 0 Å². The van der Waals surface area contributed by atoms with Crippen LogP contribution in [0.4, 0.5) is 0 Å². The molecule has 1 aromatic rings. The smallest absolute Gasteiger partial charge is 0.188 e. The summed E-state index contributed by atoms with van der Waals surface area (Å²) in [6.07, 6.45) is 5.24. The molecule has 18 heavy (non-hydrogen) atoms. The van der Waals surface area contributed by atoms with Crippen LogP contribution in [0.2, 0.25) is 0 Å². The molecule has 0 aliphatic heterocycles. The lowest BCUT2D eigenvalue weighted by Crippen LogP contribution is -2.19. The first kappa shape index (κ1) is 13.4. The molecular formula is C15H22O3. The van der Waals surface area contributed by atoms with Crippen LogP contribution in [-0.2, 0) is 9.47 Å². The van der Waals surface area contributed by atoms with Crippen molar-refractivity contribution < 1.29 is 14.2 Å². The maximum absolute atomic E-state index is 5.40. The zero-order valence-electron chi connectivity index (χ0n) is 11.2. The number of hydrogen-bond donors (Lipinski definition) is 0. The molecule has 0 radical (unpaired) electrons. The Morgan fingerprint density at radius 1 is 1.00 bits per heavy atom. The van der Waals surface area contributed by atoms with Crippen molar-refractivity contribution >= 4 is 0 Å². The zero-order valence-corrected chi connectivity index (χ0v) is 11.2. The normalized spacial score (nSPS) is 23.9. The van der Waals surface area contributed by atoms with Gasteiger partial charge in [-0.3, -0.25) is 0 Å². The Morgan fingerprint density at radius 3 is 2.22 bits per heavy atom. The average Bonchev–Trinajstić information content (AvgIpc) is 2.46. The lowest BCUT2D eigenvalue weighted by Gasteiger charge is -2.27. The van der Waals surface area contributed by atoms with Crippen LogP contribution in [0.25, 0.3) is 0 Å². The van der Waals surface area contributed by atoms with Gasteiger partial charge in [-0.2, -0.15) is 0 Å². The Hall–Kier alpha value is -1.06. The second-order valence-electron chi connectivity index (χ2n) is 4.83. The van der Waals surface area contributed by atoms with E-state index in [9.17, 15) is 0 Å². The van der Waals surface area contributed by atoms with Crippen molar-refractivity contribution in [2.45, 2.75) is 37.7 Å². The molecule has 3 heteroatoms. The van der Waals surface area contributed by atoms with E-state index in [4.69, 9.17) is 14.2 Å². The van der Waals surface area contributed by atoms with Crippen molar-refractivity contribution in [1.29, 1.82) is 0 Å². The summed E-state index contributed by atoms with van der Waals surface area (Å²) in [4.78, 5) is 0. The summed E-state index contributed by atoms with van der Waals surface area (Å²) < 4.78 is 15.7. The van der Waals surface area contributed by atoms with Crippen molar-refractivity contribution in [2.75, 3.05) is 21.0 Å². The highest BCUT2D eigenvalue weighted by atomic mass is 16.7. The van der Waals surface area contributed by atoms with Gasteiger partial charge in [0.15, 0.2) is 6.79 Å². The number of methoxy groups -OCH3 is 2. The standard InChI is InChI=1S/C15H22O3/c1-16-11-18-15-9-5-13(6-10-15)12-3-7-14(17-2)8-4-12/h5-6,9-10,12,14H,3-4,7-8,11H2,1-2H3. The van der Waals surface area contributed by atoms with E-state index >= 15 is 0 Å². The molecule has 0 N–H and O–H groups in total. The first-order valence-corrected chi connectivity index (χ1v) is 6.58. The first-order chi connectivity index (χ1) is 8.83. The minimum Gasteiger partial charge on any atom is -0.468 e. The summed E-state index contributed by atoms with van der Waals surface area (Å²) in [6.45, 7) is 0.304. The molecular weight excluding hydrogens is 228 g/mol. The molecule has 0 saturated heterocycles. The van der Waals surface area contributed by atoms with Crippen LogP contribution in [0.1, 0.15) is 37.2 Å². The average molecular weight is 250 g/mol. The molecule has 0 heterocycles. The third-order valence-corrected chi connectivity index (χ3v) is 3.70. The quantitative estimate of drug-likeness (QED) is 0.750. The van der Waals surface area contributed by atoms with Crippen LogP contribution in [0.15, 0.2) is 24.3 Å². The molecule has 3 nitrogen and oxygen atoms in total. The Morgan fingerprint density at radius 2 is 1.67 bits per heavy atom. The van der Waals surface area contributed by atoms with Gasteiger partial charge in [-0.15, -0.1) is 0 Å². The molecule has 0 spiro atoms. The monoisotopic (exact) mass is 250 g/mol. The van der Waals surface area contributed by atoms with E-state index in [2.05, 4.69) is 12.1 Å². The fraction of sp³-hybridized carbons (Fsp3) is 0.600. The van der Waals surface area contributed by atoms with Gasteiger partial charge in [0.25, 0.3) is 0 Å². The van der Waals surface area contributed by atoms with Gasteiger partial charge < -0.3 is 14.2 Å². The summed E-state index contributed by atoms with van der Waals surface area (Å²) in [7, 11) is 3.44. The summed E-state index contributed by atoms with van der Waals surface area (Å²) in [5.41, 5.74) is 1.41. The van der Waals surface area contributed by atoms with Crippen LogP contribution < -0.4 is 4.74 Å². The summed E-state index contributed by atoms with van der Waals surface area (Å²) in [5.74, 6) is 1.54. The number of benzene rings is 1. The molecule has 2 rings (SSSR count). The topological polar surface area (TPSA) is 27.7 Å². The van der Waals surface area contributed by atoms with E-state index in [-0.39, 0.29) is 0 Å². The second kappa shape index (κ2) is 6.76. The van der Waals surface area contributed by atoms with Gasteiger partial charge in [0.2, 0.25) is 0 Å². The molecule has 0 atom stereocenters. The summed E-state index contributed by atoms with van der Waals surface area (Å²) in [6, 6.07) is 8.39. The van der Waals surface area contributed by atoms with E-state index in [1.165, 1.54) is 31.2 Å². The molecule has 0 amide bonds. The Kier molecular flexibility index (Phi) is 5.02. The molecule has 1 saturated carbocycles. The largest absolute Gasteiger partial charge is 0.468 e. The van der Waals surface area contributed by atoms with E-state index < -0.39 is 0 Å².